The van der Waals surface area contributed by atoms with E-state index in [1.54, 1.807) is 26.0 Å². The number of fused-ring (bicyclic) bond motifs is 1. The molecular weight excluding hydrogens is 447 g/mol. The first kappa shape index (κ1) is 24.1. The number of aliphatic hydroxyl groups is 1. The number of benzene rings is 1. The van der Waals surface area contributed by atoms with Crippen molar-refractivity contribution < 1.29 is 23.1 Å². The number of nitrogens with zero attached hydrogens (tertiary/aromatic N) is 4. The van der Waals surface area contributed by atoms with Crippen LogP contribution in [0.5, 0.6) is 0 Å². The summed E-state index contributed by atoms with van der Waals surface area (Å²) in [5.41, 5.74) is -1.71. The van der Waals surface area contributed by atoms with Gasteiger partial charge < -0.3 is 10.4 Å². The molecule has 0 atom stereocenters. The SMILES string of the molecule is CC[C@H]1CC[C@H](n2cc3cc(NC(=O)c4cncc(C(F)(F)F)n4)c(C(C)(C)O)cc3n2)CC1. The first-order chi connectivity index (χ1) is 16.0. The molecule has 1 aromatic carbocycles. The molecule has 1 fully saturated rings. The Kier molecular flexibility index (Phi) is 6.37. The molecule has 1 saturated carbocycles. The van der Waals surface area contributed by atoms with Crippen molar-refractivity contribution in [3.05, 3.63) is 47.7 Å². The van der Waals surface area contributed by atoms with Crippen molar-refractivity contribution in [3.8, 4) is 0 Å². The Hall–Kier alpha value is -3.01. The van der Waals surface area contributed by atoms with Crippen molar-refractivity contribution in [2.24, 2.45) is 5.92 Å². The summed E-state index contributed by atoms with van der Waals surface area (Å²) in [6.07, 6.45) is 4.32. The van der Waals surface area contributed by atoms with E-state index in [1.807, 2.05) is 10.9 Å². The summed E-state index contributed by atoms with van der Waals surface area (Å²) < 4.78 is 40.9. The van der Waals surface area contributed by atoms with Crippen molar-refractivity contribution in [2.45, 2.75) is 70.7 Å². The van der Waals surface area contributed by atoms with Crippen LogP contribution in [0.15, 0.2) is 30.7 Å². The largest absolute Gasteiger partial charge is 0.434 e. The van der Waals surface area contributed by atoms with Crippen LogP contribution in [0.3, 0.4) is 0 Å². The van der Waals surface area contributed by atoms with E-state index >= 15 is 0 Å². The van der Waals surface area contributed by atoms with Gasteiger partial charge in [0.25, 0.3) is 5.91 Å². The van der Waals surface area contributed by atoms with Gasteiger partial charge >= 0.3 is 6.18 Å². The molecule has 1 aliphatic carbocycles. The summed E-state index contributed by atoms with van der Waals surface area (Å²) >= 11 is 0. The van der Waals surface area contributed by atoms with Crippen LogP contribution >= 0.6 is 0 Å². The fraction of sp³-hybridized carbons (Fsp3) is 0.500. The van der Waals surface area contributed by atoms with E-state index in [0.29, 0.717) is 23.3 Å². The predicted octanol–water partition coefficient (Wildman–Crippen LogP) is 5.47. The molecule has 2 N–H and O–H groups in total. The van der Waals surface area contributed by atoms with Gasteiger partial charge in [0.05, 0.1) is 29.6 Å². The zero-order chi connectivity index (χ0) is 24.7. The Morgan fingerprint density at radius 3 is 2.50 bits per heavy atom. The van der Waals surface area contributed by atoms with Gasteiger partial charge in [-0.05, 0) is 57.6 Å². The lowest BCUT2D eigenvalue weighted by Gasteiger charge is -2.27. The molecule has 2 aromatic heterocycles. The number of rotatable bonds is 5. The highest BCUT2D eigenvalue weighted by atomic mass is 19.4. The highest BCUT2D eigenvalue weighted by Crippen LogP contribution is 2.36. The number of halogens is 3. The Morgan fingerprint density at radius 1 is 1.18 bits per heavy atom. The lowest BCUT2D eigenvalue weighted by molar-refractivity contribution is -0.141. The predicted molar refractivity (Wildman–Crippen MR) is 121 cm³/mol. The molecule has 7 nitrogen and oxygen atoms in total. The smallest absolute Gasteiger partial charge is 0.386 e. The summed E-state index contributed by atoms with van der Waals surface area (Å²) in [4.78, 5) is 19.6. The minimum Gasteiger partial charge on any atom is -0.386 e. The molecule has 182 valence electrons. The summed E-state index contributed by atoms with van der Waals surface area (Å²) in [6, 6.07) is 3.68. The van der Waals surface area contributed by atoms with Gasteiger partial charge in [-0.1, -0.05) is 13.3 Å². The van der Waals surface area contributed by atoms with E-state index in [9.17, 15) is 23.1 Å². The van der Waals surface area contributed by atoms with Crippen molar-refractivity contribution in [1.82, 2.24) is 19.7 Å². The van der Waals surface area contributed by atoms with Crippen molar-refractivity contribution >= 4 is 22.5 Å². The average Bonchev–Trinajstić information content (AvgIpc) is 3.20. The summed E-state index contributed by atoms with van der Waals surface area (Å²) in [7, 11) is 0. The maximum atomic E-state index is 13.0. The molecule has 0 radical (unpaired) electrons. The Bertz CT molecular complexity index is 1190. The fourth-order valence-corrected chi connectivity index (χ4v) is 4.50. The van der Waals surface area contributed by atoms with E-state index in [1.165, 1.54) is 6.42 Å². The summed E-state index contributed by atoms with van der Waals surface area (Å²) in [6.45, 7) is 5.35. The molecule has 1 amide bonds. The molecule has 0 unspecified atom stereocenters. The minimum atomic E-state index is -4.72. The second-order valence-corrected chi connectivity index (χ2v) is 9.45. The van der Waals surface area contributed by atoms with Crippen LogP contribution in [0.2, 0.25) is 0 Å². The van der Waals surface area contributed by atoms with Gasteiger partial charge in [-0.25, -0.2) is 4.98 Å². The lowest BCUT2D eigenvalue weighted by atomic mass is 9.85. The Balaban J connectivity index is 1.66. The van der Waals surface area contributed by atoms with Crippen molar-refractivity contribution in [3.63, 3.8) is 0 Å². The highest BCUT2D eigenvalue weighted by Gasteiger charge is 2.34. The zero-order valence-electron chi connectivity index (χ0n) is 19.4. The van der Waals surface area contributed by atoms with Crippen LogP contribution in [-0.4, -0.2) is 30.8 Å². The highest BCUT2D eigenvalue weighted by molar-refractivity contribution is 6.04. The van der Waals surface area contributed by atoms with Crippen LogP contribution in [0, 0.1) is 5.92 Å². The molecule has 3 aromatic rings. The van der Waals surface area contributed by atoms with Crippen LogP contribution in [0.1, 0.15) is 80.7 Å². The molecule has 10 heteroatoms. The number of carbonyl (C=O) groups excluding carboxylic acids is 1. The van der Waals surface area contributed by atoms with Gasteiger partial charge in [0.15, 0.2) is 5.69 Å². The third kappa shape index (κ3) is 5.06. The molecular formula is C24H28F3N5O2. The van der Waals surface area contributed by atoms with Crippen LogP contribution < -0.4 is 5.32 Å². The first-order valence-corrected chi connectivity index (χ1v) is 11.4. The van der Waals surface area contributed by atoms with E-state index < -0.39 is 29.1 Å². The minimum absolute atomic E-state index is 0.276. The normalized spacial score (nSPS) is 19.4. The van der Waals surface area contributed by atoms with Gasteiger partial charge in [0.1, 0.15) is 5.69 Å². The number of anilines is 1. The topological polar surface area (TPSA) is 92.9 Å². The number of carbonyl (C=O) groups is 1. The van der Waals surface area contributed by atoms with Crippen LogP contribution in [0.25, 0.3) is 10.9 Å². The van der Waals surface area contributed by atoms with Crippen LogP contribution in [-0.2, 0) is 11.8 Å². The van der Waals surface area contributed by atoms with E-state index in [-0.39, 0.29) is 5.69 Å². The molecule has 4 rings (SSSR count). The lowest BCUT2D eigenvalue weighted by Crippen LogP contribution is -2.22. The molecule has 34 heavy (non-hydrogen) atoms. The number of alkyl halides is 3. The van der Waals surface area contributed by atoms with E-state index in [0.717, 1.165) is 43.2 Å². The van der Waals surface area contributed by atoms with Gasteiger partial charge in [0, 0.05) is 22.8 Å². The van der Waals surface area contributed by atoms with Crippen molar-refractivity contribution in [2.75, 3.05) is 5.32 Å². The number of aromatic nitrogens is 4. The molecule has 0 bridgehead atoms. The fourth-order valence-electron chi connectivity index (χ4n) is 4.50. The Morgan fingerprint density at radius 2 is 1.88 bits per heavy atom. The van der Waals surface area contributed by atoms with Gasteiger partial charge in [0.2, 0.25) is 0 Å². The number of hydrogen-bond donors (Lipinski definition) is 2. The van der Waals surface area contributed by atoms with Crippen LogP contribution in [0.4, 0.5) is 18.9 Å². The van der Waals surface area contributed by atoms with E-state index in [4.69, 9.17) is 5.10 Å². The molecule has 1 aliphatic rings. The number of nitrogens with one attached hydrogen (secondary N) is 1. The maximum absolute atomic E-state index is 13.0. The van der Waals surface area contributed by atoms with E-state index in [2.05, 4.69) is 22.2 Å². The van der Waals surface area contributed by atoms with Gasteiger partial charge in [-0.2, -0.15) is 18.3 Å². The molecule has 0 spiro atoms. The van der Waals surface area contributed by atoms with Crippen molar-refractivity contribution in [1.29, 1.82) is 0 Å². The Labute approximate surface area is 195 Å². The average molecular weight is 476 g/mol. The second kappa shape index (κ2) is 8.98. The number of amides is 1. The zero-order valence-corrected chi connectivity index (χ0v) is 19.4. The third-order valence-corrected chi connectivity index (χ3v) is 6.49. The third-order valence-electron chi connectivity index (χ3n) is 6.49. The monoisotopic (exact) mass is 475 g/mol. The summed E-state index contributed by atoms with van der Waals surface area (Å²) in [5.74, 6) is -0.0995. The quantitative estimate of drug-likeness (QED) is 0.511. The first-order valence-electron chi connectivity index (χ1n) is 11.4. The summed E-state index contributed by atoms with van der Waals surface area (Å²) in [5, 5.41) is 18.8. The van der Waals surface area contributed by atoms with Gasteiger partial charge in [-0.3, -0.25) is 14.5 Å². The second-order valence-electron chi connectivity index (χ2n) is 9.45. The van der Waals surface area contributed by atoms with Gasteiger partial charge in [-0.15, -0.1) is 0 Å². The standard InChI is InChI=1S/C24H28F3N5O2/c1-4-14-5-7-16(8-6-14)32-13-15-9-19(17(23(2,3)34)10-18(15)31-32)30-22(33)20-11-28-12-21(29-20)24(25,26)27/h9-14,16,34H,4-8H2,1-3H3,(H,30,33)/t14-,16-. The molecule has 0 aliphatic heterocycles. The molecule has 0 saturated heterocycles. The number of hydrogen-bond acceptors (Lipinski definition) is 5. The maximum Gasteiger partial charge on any atom is 0.434 e. The molecule has 2 heterocycles.